The Hall–Kier alpha value is -2.41. The molecule has 0 aliphatic rings. The van der Waals surface area contributed by atoms with Gasteiger partial charge in [0, 0.05) is 5.69 Å². The van der Waals surface area contributed by atoms with Gasteiger partial charge in [0.25, 0.3) is 0 Å². The van der Waals surface area contributed by atoms with E-state index in [9.17, 15) is 9.59 Å². The van der Waals surface area contributed by atoms with Crippen LogP contribution in [0.25, 0.3) is 11.0 Å². The fourth-order valence-corrected chi connectivity index (χ4v) is 2.35. The number of anilines is 1. The predicted molar refractivity (Wildman–Crippen MR) is 84.5 cm³/mol. The maximum Gasteiger partial charge on any atom is 0.314 e. The molecule has 0 aliphatic heterocycles. The summed E-state index contributed by atoms with van der Waals surface area (Å²) in [5.41, 5.74) is 1.57. The van der Waals surface area contributed by atoms with Gasteiger partial charge in [-0.3, -0.25) is 9.59 Å². The number of halogens is 1. The Bertz CT molecular complexity index is 916. The molecule has 0 amide bonds. The first-order valence-electron chi connectivity index (χ1n) is 6.23. The van der Waals surface area contributed by atoms with Gasteiger partial charge in [0.15, 0.2) is 0 Å². The molecule has 3 aromatic rings. The van der Waals surface area contributed by atoms with E-state index in [-0.39, 0.29) is 0 Å². The van der Waals surface area contributed by atoms with Crippen molar-refractivity contribution in [3.63, 3.8) is 0 Å². The first kappa shape index (κ1) is 13.6. The number of fused-ring (bicyclic) bond motifs is 1. The third-order valence-electron chi connectivity index (χ3n) is 2.97. The topological polar surface area (TPSA) is 90.6 Å². The lowest BCUT2D eigenvalue weighted by atomic mass is 10.2. The van der Waals surface area contributed by atoms with Gasteiger partial charge >= 0.3 is 11.1 Å². The van der Waals surface area contributed by atoms with Crippen LogP contribution in [0.2, 0.25) is 0 Å². The van der Waals surface area contributed by atoms with Gasteiger partial charge < -0.3 is 15.3 Å². The number of nitrogens with zero attached hydrogens (tertiary/aromatic N) is 1. The Kier molecular flexibility index (Phi) is 3.57. The van der Waals surface area contributed by atoms with Crippen molar-refractivity contribution in [2.24, 2.45) is 0 Å². The van der Waals surface area contributed by atoms with Gasteiger partial charge in [0.05, 0.1) is 23.3 Å². The highest BCUT2D eigenvalue weighted by Crippen LogP contribution is 2.15. The minimum absolute atomic E-state index is 0.554. The Labute approximate surface area is 127 Å². The van der Waals surface area contributed by atoms with Crippen molar-refractivity contribution >= 4 is 32.7 Å². The van der Waals surface area contributed by atoms with Crippen LogP contribution in [-0.2, 0) is 6.54 Å². The lowest BCUT2D eigenvalue weighted by Crippen LogP contribution is -2.28. The lowest BCUT2D eigenvalue weighted by molar-refractivity contribution is 1.03. The van der Waals surface area contributed by atoms with Crippen LogP contribution in [0, 0.1) is 0 Å². The van der Waals surface area contributed by atoms with Crippen LogP contribution >= 0.6 is 15.9 Å². The molecule has 0 unspecified atom stereocenters. The quantitative estimate of drug-likeness (QED) is 0.499. The summed E-state index contributed by atoms with van der Waals surface area (Å²) < 4.78 is 0.780. The van der Waals surface area contributed by atoms with Crippen molar-refractivity contribution in [2.45, 2.75) is 6.54 Å². The number of aromatic amines is 2. The van der Waals surface area contributed by atoms with Gasteiger partial charge in [0.1, 0.15) is 4.60 Å². The number of benzene rings is 1. The molecule has 6 nitrogen and oxygen atoms in total. The smallest absolute Gasteiger partial charge is 0.314 e. The second kappa shape index (κ2) is 5.53. The zero-order valence-electron chi connectivity index (χ0n) is 10.8. The van der Waals surface area contributed by atoms with Crippen molar-refractivity contribution in [1.29, 1.82) is 0 Å². The third kappa shape index (κ3) is 3.03. The first-order chi connectivity index (χ1) is 10.1. The molecular formula is C14H11BrN4O2. The molecule has 0 radical (unpaired) electrons. The van der Waals surface area contributed by atoms with Crippen molar-refractivity contribution < 1.29 is 0 Å². The number of rotatable bonds is 3. The third-order valence-corrected chi connectivity index (χ3v) is 3.41. The summed E-state index contributed by atoms with van der Waals surface area (Å²) in [6.07, 6.45) is 0. The molecule has 0 saturated heterocycles. The fourth-order valence-electron chi connectivity index (χ4n) is 1.97. The SMILES string of the molecule is O=c1[nH]c2ccc(NCc3cccc(Br)n3)cc2[nH]c1=O. The van der Waals surface area contributed by atoms with Crippen LogP contribution in [-0.4, -0.2) is 15.0 Å². The van der Waals surface area contributed by atoms with E-state index in [1.807, 2.05) is 24.3 Å². The maximum absolute atomic E-state index is 11.3. The molecule has 106 valence electrons. The van der Waals surface area contributed by atoms with E-state index >= 15 is 0 Å². The molecule has 3 rings (SSSR count). The van der Waals surface area contributed by atoms with Crippen LogP contribution < -0.4 is 16.4 Å². The predicted octanol–water partition coefficient (Wildman–Crippen LogP) is 1.99. The molecule has 0 aliphatic carbocycles. The van der Waals surface area contributed by atoms with E-state index < -0.39 is 11.1 Å². The molecular weight excluding hydrogens is 336 g/mol. The summed E-state index contributed by atoms with van der Waals surface area (Å²) in [5, 5.41) is 3.22. The van der Waals surface area contributed by atoms with Crippen molar-refractivity contribution in [2.75, 3.05) is 5.32 Å². The minimum atomic E-state index is -0.659. The summed E-state index contributed by atoms with van der Waals surface area (Å²) in [6, 6.07) is 11.0. The largest absolute Gasteiger partial charge is 0.379 e. The lowest BCUT2D eigenvalue weighted by Gasteiger charge is -2.07. The highest BCUT2D eigenvalue weighted by Gasteiger charge is 2.01. The molecule has 0 bridgehead atoms. The summed E-state index contributed by atoms with van der Waals surface area (Å²) in [6.45, 7) is 0.554. The first-order valence-corrected chi connectivity index (χ1v) is 7.03. The van der Waals surface area contributed by atoms with Crippen LogP contribution in [0.1, 0.15) is 5.69 Å². The summed E-state index contributed by atoms with van der Waals surface area (Å²) in [4.78, 5) is 31.9. The molecule has 21 heavy (non-hydrogen) atoms. The van der Waals surface area contributed by atoms with Crippen LogP contribution in [0.5, 0.6) is 0 Å². The maximum atomic E-state index is 11.3. The van der Waals surface area contributed by atoms with Gasteiger partial charge in [0.2, 0.25) is 0 Å². The molecule has 7 heteroatoms. The summed E-state index contributed by atoms with van der Waals surface area (Å²) in [5.74, 6) is 0. The van der Waals surface area contributed by atoms with Crippen LogP contribution in [0.4, 0.5) is 5.69 Å². The minimum Gasteiger partial charge on any atom is -0.379 e. The highest BCUT2D eigenvalue weighted by molar-refractivity contribution is 9.10. The standard InChI is InChI=1S/C14H11BrN4O2/c15-12-3-1-2-9(17-12)7-16-8-4-5-10-11(6-8)19-14(21)13(20)18-10/h1-6,16H,7H2,(H,18,20)(H,19,21). The molecule has 1 aromatic carbocycles. The molecule has 0 saturated carbocycles. The van der Waals surface area contributed by atoms with Crippen molar-refractivity contribution in [3.05, 3.63) is 67.4 Å². The Morgan fingerprint density at radius 3 is 2.57 bits per heavy atom. The molecule has 2 aromatic heterocycles. The van der Waals surface area contributed by atoms with Crippen LogP contribution in [0.3, 0.4) is 0 Å². The Morgan fingerprint density at radius 1 is 1.05 bits per heavy atom. The number of aromatic nitrogens is 3. The number of hydrogen-bond donors (Lipinski definition) is 3. The van der Waals surface area contributed by atoms with Crippen LogP contribution in [0.15, 0.2) is 50.6 Å². The van der Waals surface area contributed by atoms with Gasteiger partial charge in [-0.2, -0.15) is 0 Å². The molecule has 0 spiro atoms. The highest BCUT2D eigenvalue weighted by atomic mass is 79.9. The van der Waals surface area contributed by atoms with E-state index in [1.54, 1.807) is 12.1 Å². The normalized spacial score (nSPS) is 10.7. The van der Waals surface area contributed by atoms with Crippen molar-refractivity contribution in [3.8, 4) is 0 Å². The van der Waals surface area contributed by atoms with E-state index in [0.29, 0.717) is 17.6 Å². The Balaban J connectivity index is 1.86. The summed E-state index contributed by atoms with van der Waals surface area (Å²) >= 11 is 3.32. The number of nitrogens with one attached hydrogen (secondary N) is 3. The summed E-state index contributed by atoms with van der Waals surface area (Å²) in [7, 11) is 0. The number of pyridine rings is 1. The van der Waals surface area contributed by atoms with Gasteiger partial charge in [-0.05, 0) is 46.3 Å². The molecule has 3 N–H and O–H groups in total. The van der Waals surface area contributed by atoms with E-state index in [4.69, 9.17) is 0 Å². The van der Waals surface area contributed by atoms with Gasteiger partial charge in [-0.25, -0.2) is 4.98 Å². The van der Waals surface area contributed by atoms with Gasteiger partial charge in [-0.1, -0.05) is 6.07 Å². The second-order valence-electron chi connectivity index (χ2n) is 4.47. The zero-order valence-corrected chi connectivity index (χ0v) is 12.4. The number of hydrogen-bond acceptors (Lipinski definition) is 4. The zero-order chi connectivity index (χ0) is 14.8. The Morgan fingerprint density at radius 2 is 1.81 bits per heavy atom. The average molecular weight is 347 g/mol. The average Bonchev–Trinajstić information content (AvgIpc) is 2.46. The van der Waals surface area contributed by atoms with E-state index in [0.717, 1.165) is 16.0 Å². The monoisotopic (exact) mass is 346 g/mol. The number of H-pyrrole nitrogens is 2. The van der Waals surface area contributed by atoms with E-state index in [1.165, 1.54) is 0 Å². The molecule has 0 atom stereocenters. The molecule has 2 heterocycles. The van der Waals surface area contributed by atoms with E-state index in [2.05, 4.69) is 36.2 Å². The van der Waals surface area contributed by atoms with Crippen molar-refractivity contribution in [1.82, 2.24) is 15.0 Å². The molecule has 0 fully saturated rings. The van der Waals surface area contributed by atoms with Gasteiger partial charge in [-0.15, -0.1) is 0 Å². The second-order valence-corrected chi connectivity index (χ2v) is 5.29. The fraction of sp³-hybridized carbons (Fsp3) is 0.0714.